The van der Waals surface area contributed by atoms with Crippen LogP contribution in [0.2, 0.25) is 0 Å². The number of hydrogen-bond donors (Lipinski definition) is 0. The van der Waals surface area contributed by atoms with E-state index in [2.05, 4.69) is 319 Å². The van der Waals surface area contributed by atoms with Crippen LogP contribution in [-0.2, 0) is 27.1 Å². The van der Waals surface area contributed by atoms with Crippen LogP contribution in [0.5, 0.6) is 0 Å². The standard InChI is InChI=1S/C78H81BN4S/c1-48-41-53(77(12,13)14)42-49(2)71(48)83-68-45-54(78(15,16)17)44-67-70(68)79(73-72(83)62-43-52(76(9,10)11)31-40-69(62)84-73)63-39-37-59(47-66(63)82(67)57-34-29-51(30-35-57)75(6,7)8)80(56-32-27-50(28-33-56)74(3,4)5)58-36-38-61-60-25-21-22-26-64(60)81(65(61)46-58)55-23-19-18-20-24-55/h18-47H,1-17H3. The summed E-state index contributed by atoms with van der Waals surface area (Å²) in [5.74, 6) is 0. The van der Waals surface area contributed by atoms with Crippen LogP contribution in [0.25, 0.3) is 37.6 Å². The van der Waals surface area contributed by atoms with E-state index < -0.39 is 0 Å². The van der Waals surface area contributed by atoms with E-state index in [1.54, 1.807) is 0 Å². The minimum Gasteiger partial charge on any atom is -0.311 e. The smallest absolute Gasteiger partial charge is 0.264 e. The molecule has 422 valence electrons. The van der Waals surface area contributed by atoms with Gasteiger partial charge in [-0.3, -0.25) is 0 Å². The average molecular weight is 1120 g/mol. The van der Waals surface area contributed by atoms with Gasteiger partial charge < -0.3 is 19.3 Å². The molecule has 0 saturated heterocycles. The number of nitrogens with zero attached hydrogens (tertiary/aromatic N) is 4. The molecule has 0 fully saturated rings. The lowest BCUT2D eigenvalue weighted by atomic mass is 9.36. The topological polar surface area (TPSA) is 14.7 Å². The van der Waals surface area contributed by atoms with Gasteiger partial charge in [-0.15, -0.1) is 11.3 Å². The number of para-hydroxylation sites is 2. The highest BCUT2D eigenvalue weighted by Gasteiger charge is 2.47. The van der Waals surface area contributed by atoms with Gasteiger partial charge in [-0.05, 0) is 182 Å². The van der Waals surface area contributed by atoms with Crippen LogP contribution in [0.1, 0.15) is 143 Å². The molecule has 2 aromatic heterocycles. The first-order chi connectivity index (χ1) is 39.6. The molecule has 4 nitrogen and oxygen atoms in total. The van der Waals surface area contributed by atoms with Crippen molar-refractivity contribution >= 4 is 117 Å². The fourth-order valence-corrected chi connectivity index (χ4v) is 14.7. The normalized spacial score (nSPS) is 13.7. The van der Waals surface area contributed by atoms with Crippen molar-refractivity contribution in [3.63, 3.8) is 0 Å². The van der Waals surface area contributed by atoms with Crippen LogP contribution in [0, 0.1) is 13.8 Å². The lowest BCUT2D eigenvalue weighted by Crippen LogP contribution is -2.60. The number of benzene rings is 9. The van der Waals surface area contributed by atoms with E-state index in [1.807, 2.05) is 11.3 Å². The first-order valence-electron chi connectivity index (χ1n) is 30.4. The fraction of sp³-hybridized carbons (Fsp3) is 0.282. The molecule has 0 spiro atoms. The van der Waals surface area contributed by atoms with Crippen molar-refractivity contribution in [1.29, 1.82) is 0 Å². The summed E-state index contributed by atoms with van der Waals surface area (Å²) < 4.78 is 5.14. The summed E-state index contributed by atoms with van der Waals surface area (Å²) in [7, 11) is 0. The third-order valence-electron chi connectivity index (χ3n) is 18.1. The second-order valence-electron chi connectivity index (χ2n) is 29.3. The largest absolute Gasteiger partial charge is 0.311 e. The molecule has 0 bridgehead atoms. The summed E-state index contributed by atoms with van der Waals surface area (Å²) in [4.78, 5) is 7.85. The van der Waals surface area contributed by atoms with E-state index in [0.717, 1.165) is 28.4 Å². The van der Waals surface area contributed by atoms with Gasteiger partial charge in [0.15, 0.2) is 0 Å². The highest BCUT2D eigenvalue weighted by molar-refractivity contribution is 7.33. The Labute approximate surface area is 504 Å². The van der Waals surface area contributed by atoms with Crippen molar-refractivity contribution < 1.29 is 0 Å². The lowest BCUT2D eigenvalue weighted by molar-refractivity contribution is 0.589. The van der Waals surface area contributed by atoms with Crippen molar-refractivity contribution in [2.75, 3.05) is 14.7 Å². The Morgan fingerprint density at radius 3 is 1.50 bits per heavy atom. The van der Waals surface area contributed by atoms with Crippen molar-refractivity contribution in [3.05, 3.63) is 221 Å². The first kappa shape index (κ1) is 55.4. The molecule has 84 heavy (non-hydrogen) atoms. The predicted octanol–water partition coefficient (Wildman–Crippen LogP) is 20.7. The molecule has 0 aliphatic carbocycles. The number of aryl methyl sites for hydroxylation is 2. The summed E-state index contributed by atoms with van der Waals surface area (Å²) in [5, 5.41) is 3.79. The van der Waals surface area contributed by atoms with Crippen LogP contribution in [0.15, 0.2) is 182 Å². The molecule has 0 radical (unpaired) electrons. The molecule has 0 amide bonds. The van der Waals surface area contributed by atoms with Gasteiger partial charge in [0.05, 0.1) is 22.4 Å². The Morgan fingerprint density at radius 2 is 0.881 bits per heavy atom. The third kappa shape index (κ3) is 9.17. The molecule has 0 atom stereocenters. The van der Waals surface area contributed by atoms with Crippen molar-refractivity contribution in [1.82, 2.24) is 4.57 Å². The molecule has 0 saturated carbocycles. The summed E-state index contributed by atoms with van der Waals surface area (Å²) in [6.45, 7) is 39.7. The van der Waals surface area contributed by atoms with E-state index in [-0.39, 0.29) is 33.8 Å². The number of thiophene rings is 1. The maximum absolute atomic E-state index is 2.72. The van der Waals surface area contributed by atoms with Crippen molar-refractivity contribution in [2.24, 2.45) is 0 Å². The van der Waals surface area contributed by atoms with Gasteiger partial charge in [-0.1, -0.05) is 195 Å². The quantitative estimate of drug-likeness (QED) is 0.154. The molecule has 9 aromatic carbocycles. The van der Waals surface area contributed by atoms with Crippen LogP contribution < -0.4 is 30.4 Å². The van der Waals surface area contributed by atoms with Gasteiger partial charge in [0, 0.05) is 71.1 Å². The van der Waals surface area contributed by atoms with Gasteiger partial charge in [0.25, 0.3) is 6.71 Å². The van der Waals surface area contributed by atoms with E-state index in [9.17, 15) is 0 Å². The molecular formula is C78H81BN4S. The van der Waals surface area contributed by atoms with Gasteiger partial charge in [-0.2, -0.15) is 0 Å². The highest BCUT2D eigenvalue weighted by atomic mass is 32.1. The Bertz CT molecular complexity index is 4390. The number of aromatic nitrogens is 1. The average Bonchev–Trinajstić information content (AvgIpc) is 1.89. The summed E-state index contributed by atoms with van der Waals surface area (Å²) in [5.41, 5.74) is 25.9. The van der Waals surface area contributed by atoms with Gasteiger partial charge in [0.2, 0.25) is 0 Å². The predicted molar refractivity (Wildman–Crippen MR) is 368 cm³/mol. The molecular weight excluding hydrogens is 1040 g/mol. The second kappa shape index (κ2) is 19.4. The minimum absolute atomic E-state index is 0.000175. The Balaban J connectivity index is 1.13. The molecule has 11 aromatic rings. The van der Waals surface area contributed by atoms with E-state index in [0.29, 0.717) is 0 Å². The molecule has 13 rings (SSSR count). The number of rotatable bonds is 6. The Hall–Kier alpha value is -7.80. The van der Waals surface area contributed by atoms with Gasteiger partial charge in [-0.25, -0.2) is 0 Å². The SMILES string of the molecule is Cc1cc(C(C)(C)C)cc(C)c1N1c2cc(C(C)(C)C)cc3c2B(c2ccc(N(c4ccc(C(C)(C)C)cc4)c4ccc5c6ccccc6n(-c6ccccc6)c5c4)cc2N3c2ccc(C(C)(C)C)cc2)c2sc3ccc(C(C)(C)C)cc3c21. The number of anilines is 9. The van der Waals surface area contributed by atoms with E-state index in [4.69, 9.17) is 0 Å². The van der Waals surface area contributed by atoms with Crippen LogP contribution in [0.3, 0.4) is 0 Å². The highest BCUT2D eigenvalue weighted by Crippen LogP contribution is 2.53. The maximum atomic E-state index is 2.72. The zero-order valence-electron chi connectivity index (χ0n) is 52.6. The number of fused-ring (bicyclic) bond motifs is 9. The monoisotopic (exact) mass is 1120 g/mol. The lowest BCUT2D eigenvalue weighted by Gasteiger charge is -2.45. The van der Waals surface area contributed by atoms with Crippen molar-refractivity contribution in [3.8, 4) is 5.69 Å². The van der Waals surface area contributed by atoms with Crippen LogP contribution in [0.4, 0.5) is 51.2 Å². The first-order valence-corrected chi connectivity index (χ1v) is 31.2. The van der Waals surface area contributed by atoms with Crippen LogP contribution >= 0.6 is 11.3 Å². The van der Waals surface area contributed by atoms with Crippen LogP contribution in [-0.4, -0.2) is 11.3 Å². The molecule has 2 aliphatic heterocycles. The Morgan fingerprint density at radius 1 is 0.369 bits per heavy atom. The summed E-state index contributed by atoms with van der Waals surface area (Å²) in [6.07, 6.45) is 0. The second-order valence-corrected chi connectivity index (χ2v) is 30.4. The molecule has 4 heterocycles. The maximum Gasteiger partial charge on any atom is 0.264 e. The molecule has 6 heteroatoms. The summed E-state index contributed by atoms with van der Waals surface area (Å²) in [6, 6.07) is 70.4. The van der Waals surface area contributed by atoms with Crippen molar-refractivity contribution in [2.45, 2.75) is 145 Å². The zero-order valence-corrected chi connectivity index (χ0v) is 53.4. The van der Waals surface area contributed by atoms with E-state index >= 15 is 0 Å². The zero-order chi connectivity index (χ0) is 59.3. The molecule has 0 unspecified atom stereocenters. The van der Waals surface area contributed by atoms with E-state index in [1.165, 1.54) is 115 Å². The number of hydrogen-bond acceptors (Lipinski definition) is 4. The minimum atomic E-state index is -0.177. The van der Waals surface area contributed by atoms with Gasteiger partial charge in [0.1, 0.15) is 0 Å². The molecule has 2 aliphatic rings. The molecule has 0 N–H and O–H groups in total. The summed E-state index contributed by atoms with van der Waals surface area (Å²) >= 11 is 1.99. The van der Waals surface area contributed by atoms with Gasteiger partial charge >= 0.3 is 0 Å². The Kier molecular flexibility index (Phi) is 12.8. The fourth-order valence-electron chi connectivity index (χ4n) is 13.4. The third-order valence-corrected chi connectivity index (χ3v) is 19.4.